The molecule has 1 aromatic rings. The topological polar surface area (TPSA) is 70.8 Å². The molecule has 19 heavy (non-hydrogen) atoms. The van der Waals surface area contributed by atoms with Crippen LogP contribution in [0.15, 0.2) is 18.2 Å². The maximum atomic E-state index is 11.4. The quantitative estimate of drug-likeness (QED) is 0.575. The number of carbonyl (C=O) groups is 1. The molecule has 0 atom stereocenters. The summed E-state index contributed by atoms with van der Waals surface area (Å²) in [6.07, 6.45) is 1.85. The van der Waals surface area contributed by atoms with Gasteiger partial charge in [0.1, 0.15) is 11.5 Å². The van der Waals surface area contributed by atoms with Crippen molar-refractivity contribution in [2.24, 2.45) is 5.73 Å². The smallest absolute Gasteiger partial charge is 0.344 e. The van der Waals surface area contributed by atoms with Gasteiger partial charge in [-0.2, -0.15) is 0 Å². The van der Waals surface area contributed by atoms with Crippen LogP contribution in [0.2, 0.25) is 0 Å². The number of carbonyl (C=O) groups excluding carboxylic acids is 1. The molecule has 1 rings (SSSR count). The Morgan fingerprint density at radius 1 is 1.37 bits per heavy atom. The molecule has 0 aromatic heterocycles. The molecule has 0 fully saturated rings. The van der Waals surface area contributed by atoms with Gasteiger partial charge in [0.05, 0.1) is 13.7 Å². The summed E-state index contributed by atoms with van der Waals surface area (Å²) in [6.45, 7) is 2.68. The molecule has 0 saturated carbocycles. The zero-order valence-corrected chi connectivity index (χ0v) is 11.5. The van der Waals surface area contributed by atoms with Gasteiger partial charge >= 0.3 is 5.97 Å². The lowest BCUT2D eigenvalue weighted by molar-refractivity contribution is -0.146. The highest BCUT2D eigenvalue weighted by molar-refractivity contribution is 5.71. The highest BCUT2D eigenvalue weighted by Crippen LogP contribution is 2.24. The summed E-state index contributed by atoms with van der Waals surface area (Å²) >= 11 is 0. The van der Waals surface area contributed by atoms with Crippen molar-refractivity contribution in [3.8, 4) is 11.5 Å². The molecule has 0 saturated heterocycles. The minimum atomic E-state index is -0.376. The fraction of sp³-hybridized carbons (Fsp3) is 0.500. The van der Waals surface area contributed by atoms with Gasteiger partial charge in [-0.3, -0.25) is 0 Å². The molecule has 5 heteroatoms. The van der Waals surface area contributed by atoms with Crippen molar-refractivity contribution in [2.45, 2.75) is 26.3 Å². The second kappa shape index (κ2) is 8.37. The zero-order chi connectivity index (χ0) is 14.1. The Kier molecular flexibility index (Phi) is 6.74. The van der Waals surface area contributed by atoms with E-state index in [1.54, 1.807) is 19.2 Å². The molecule has 1 aromatic carbocycles. The summed E-state index contributed by atoms with van der Waals surface area (Å²) in [4.78, 5) is 11.4. The Balaban J connectivity index is 2.53. The van der Waals surface area contributed by atoms with E-state index in [9.17, 15) is 4.79 Å². The van der Waals surface area contributed by atoms with Crippen LogP contribution in [0.25, 0.3) is 0 Å². The monoisotopic (exact) mass is 267 g/mol. The molecule has 5 nitrogen and oxygen atoms in total. The number of ether oxygens (including phenoxy) is 3. The predicted octanol–water partition coefficient (Wildman–Crippen LogP) is 1.88. The number of rotatable bonds is 8. The summed E-state index contributed by atoms with van der Waals surface area (Å²) in [6, 6.07) is 5.33. The molecule has 0 amide bonds. The van der Waals surface area contributed by atoms with Gasteiger partial charge in [-0.05, 0) is 12.5 Å². The highest BCUT2D eigenvalue weighted by atomic mass is 16.6. The number of unbranched alkanes of at least 4 members (excludes halogenated alkanes) is 1. The van der Waals surface area contributed by atoms with Crippen molar-refractivity contribution in [3.05, 3.63) is 23.8 Å². The molecule has 0 heterocycles. The highest BCUT2D eigenvalue weighted by Gasteiger charge is 2.08. The number of hydrogen-bond acceptors (Lipinski definition) is 5. The van der Waals surface area contributed by atoms with Crippen LogP contribution in [0.4, 0.5) is 0 Å². The Hall–Kier alpha value is -1.75. The minimum Gasteiger partial charge on any atom is -0.497 e. The zero-order valence-electron chi connectivity index (χ0n) is 11.5. The summed E-state index contributed by atoms with van der Waals surface area (Å²) in [5.74, 6) is 0.833. The van der Waals surface area contributed by atoms with Crippen molar-refractivity contribution in [2.75, 3.05) is 20.3 Å². The standard InChI is InChI=1S/C14H21NO4/c1-3-4-7-18-14(16)10-19-13-8-12(17-2)6-5-11(13)9-15/h5-6,8H,3-4,7,9-10,15H2,1-2H3. The number of hydrogen-bond donors (Lipinski definition) is 1. The first-order valence-corrected chi connectivity index (χ1v) is 6.36. The second-order valence-corrected chi connectivity index (χ2v) is 4.04. The predicted molar refractivity (Wildman–Crippen MR) is 72.2 cm³/mol. The largest absolute Gasteiger partial charge is 0.497 e. The number of esters is 1. The fourth-order valence-electron chi connectivity index (χ4n) is 1.47. The fourth-order valence-corrected chi connectivity index (χ4v) is 1.47. The van der Waals surface area contributed by atoms with E-state index in [1.807, 2.05) is 13.0 Å². The average Bonchev–Trinajstić information content (AvgIpc) is 2.45. The van der Waals surface area contributed by atoms with Crippen LogP contribution < -0.4 is 15.2 Å². The van der Waals surface area contributed by atoms with Gasteiger partial charge in [0.15, 0.2) is 6.61 Å². The maximum absolute atomic E-state index is 11.4. The SMILES string of the molecule is CCCCOC(=O)COc1cc(OC)ccc1CN. The Morgan fingerprint density at radius 3 is 2.79 bits per heavy atom. The van der Waals surface area contributed by atoms with Gasteiger partial charge in [-0.15, -0.1) is 0 Å². The van der Waals surface area contributed by atoms with Crippen LogP contribution in [0.3, 0.4) is 0 Å². The lowest BCUT2D eigenvalue weighted by Gasteiger charge is -2.11. The van der Waals surface area contributed by atoms with E-state index in [2.05, 4.69) is 0 Å². The third-order valence-corrected chi connectivity index (χ3v) is 2.60. The van der Waals surface area contributed by atoms with Crippen molar-refractivity contribution in [1.82, 2.24) is 0 Å². The molecule has 2 N–H and O–H groups in total. The van der Waals surface area contributed by atoms with E-state index in [4.69, 9.17) is 19.9 Å². The number of nitrogens with two attached hydrogens (primary N) is 1. The average molecular weight is 267 g/mol. The van der Waals surface area contributed by atoms with E-state index in [0.717, 1.165) is 18.4 Å². The molecule has 106 valence electrons. The van der Waals surface area contributed by atoms with Crippen LogP contribution in [-0.2, 0) is 16.1 Å². The third kappa shape index (κ3) is 5.18. The first kappa shape index (κ1) is 15.3. The van der Waals surface area contributed by atoms with E-state index >= 15 is 0 Å². The Morgan fingerprint density at radius 2 is 2.16 bits per heavy atom. The van der Waals surface area contributed by atoms with E-state index < -0.39 is 0 Å². The van der Waals surface area contributed by atoms with E-state index in [-0.39, 0.29) is 12.6 Å². The summed E-state index contributed by atoms with van der Waals surface area (Å²) in [7, 11) is 1.57. The van der Waals surface area contributed by atoms with Crippen molar-refractivity contribution in [1.29, 1.82) is 0 Å². The van der Waals surface area contributed by atoms with Gasteiger partial charge in [-0.1, -0.05) is 19.4 Å². The van der Waals surface area contributed by atoms with Crippen molar-refractivity contribution < 1.29 is 19.0 Å². The molecule has 0 aliphatic rings. The molecule has 0 unspecified atom stereocenters. The molecule has 0 spiro atoms. The van der Waals surface area contributed by atoms with E-state index in [1.165, 1.54) is 0 Å². The van der Waals surface area contributed by atoms with Gasteiger partial charge in [0.25, 0.3) is 0 Å². The van der Waals surface area contributed by atoms with Crippen molar-refractivity contribution >= 4 is 5.97 Å². The molecule has 0 aliphatic heterocycles. The van der Waals surface area contributed by atoms with Gasteiger partial charge in [-0.25, -0.2) is 4.79 Å². The van der Waals surface area contributed by atoms with Crippen LogP contribution >= 0.6 is 0 Å². The second-order valence-electron chi connectivity index (χ2n) is 4.04. The number of benzene rings is 1. The summed E-state index contributed by atoms with van der Waals surface area (Å²) in [5, 5.41) is 0. The molecular weight excluding hydrogens is 246 g/mol. The molecule has 0 radical (unpaired) electrons. The van der Waals surface area contributed by atoms with Crippen LogP contribution in [0, 0.1) is 0 Å². The maximum Gasteiger partial charge on any atom is 0.344 e. The van der Waals surface area contributed by atoms with Gasteiger partial charge in [0, 0.05) is 18.2 Å². The van der Waals surface area contributed by atoms with Gasteiger partial charge in [0.2, 0.25) is 0 Å². The van der Waals surface area contributed by atoms with Gasteiger partial charge < -0.3 is 19.9 Å². The summed E-state index contributed by atoms with van der Waals surface area (Å²) < 4.78 is 15.5. The molecule has 0 bridgehead atoms. The first-order valence-electron chi connectivity index (χ1n) is 6.36. The minimum absolute atomic E-state index is 0.121. The normalized spacial score (nSPS) is 10.1. The van der Waals surface area contributed by atoms with E-state index in [0.29, 0.717) is 24.7 Å². The van der Waals surface area contributed by atoms with Crippen molar-refractivity contribution in [3.63, 3.8) is 0 Å². The van der Waals surface area contributed by atoms with Crippen LogP contribution in [0.5, 0.6) is 11.5 Å². The molecular formula is C14H21NO4. The Bertz CT molecular complexity index is 406. The first-order chi connectivity index (χ1) is 9.21. The van der Waals surface area contributed by atoms with Crippen LogP contribution in [0.1, 0.15) is 25.3 Å². The Labute approximate surface area is 113 Å². The lowest BCUT2D eigenvalue weighted by atomic mass is 10.2. The van der Waals surface area contributed by atoms with Crippen LogP contribution in [-0.4, -0.2) is 26.3 Å². The molecule has 0 aliphatic carbocycles. The summed E-state index contributed by atoms with van der Waals surface area (Å²) in [5.41, 5.74) is 6.43. The number of methoxy groups -OCH3 is 1. The third-order valence-electron chi connectivity index (χ3n) is 2.60. The lowest BCUT2D eigenvalue weighted by Crippen LogP contribution is -2.16.